The summed E-state index contributed by atoms with van der Waals surface area (Å²) >= 11 is 15.1. The Labute approximate surface area is 834 Å². The van der Waals surface area contributed by atoms with Gasteiger partial charge >= 0.3 is 0 Å². The number of hydrogen-bond donors (Lipinski definition) is 0. The Bertz CT molecular complexity index is 10900. The van der Waals surface area contributed by atoms with Crippen molar-refractivity contribution in [2.75, 3.05) is 14.7 Å². The van der Waals surface area contributed by atoms with Crippen molar-refractivity contribution in [1.82, 2.24) is 0 Å². The minimum atomic E-state index is 0.868. The Hall–Kier alpha value is -16.0. The van der Waals surface area contributed by atoms with Crippen LogP contribution in [0.5, 0.6) is 0 Å². The lowest BCUT2D eigenvalue weighted by molar-refractivity contribution is 0.668. The zero-order chi connectivity index (χ0) is 91.9. The summed E-state index contributed by atoms with van der Waals surface area (Å²) in [6.07, 6.45) is 0. The quantitative estimate of drug-likeness (QED) is 0.143. The molecular weight excluding hydrogens is 1880 g/mol. The molecule has 0 N–H and O–H groups in total. The molecule has 7 nitrogen and oxygen atoms in total. The van der Waals surface area contributed by atoms with E-state index in [1.54, 1.807) is 0 Å². The van der Waals surface area contributed by atoms with Gasteiger partial charge in [0.25, 0.3) is 0 Å². The van der Waals surface area contributed by atoms with Gasteiger partial charge in [0.1, 0.15) is 44.7 Å². The van der Waals surface area contributed by atoms with Crippen LogP contribution >= 0.6 is 90.7 Å². The molecule has 0 saturated carbocycles. The van der Waals surface area contributed by atoms with Crippen LogP contribution in [0.3, 0.4) is 0 Å². The molecule has 0 spiro atoms. The van der Waals surface area contributed by atoms with E-state index in [0.717, 1.165) is 122 Å². The van der Waals surface area contributed by atoms with Gasteiger partial charge in [-0.2, -0.15) is 0 Å². The predicted molar refractivity (Wildman–Crippen MR) is 616 cm³/mol. The van der Waals surface area contributed by atoms with E-state index in [2.05, 4.69) is 391 Å². The topological polar surface area (TPSA) is 62.3 Å². The van der Waals surface area contributed by atoms with Crippen LogP contribution in [0.4, 0.5) is 51.2 Å². The normalized spacial score (nSPS) is 12.3. The number of hydrogen-bond acceptors (Lipinski definition) is 15. The summed E-state index contributed by atoms with van der Waals surface area (Å²) < 4.78 is 46.8. The van der Waals surface area contributed by atoms with Gasteiger partial charge in [-0.1, -0.05) is 231 Å². The van der Waals surface area contributed by atoms with Gasteiger partial charge in [0.15, 0.2) is 0 Å². The molecule has 660 valence electrons. The van der Waals surface area contributed by atoms with Gasteiger partial charge in [0, 0.05) is 225 Å². The monoisotopic (exact) mass is 1940 g/mol. The first kappa shape index (κ1) is 80.0. The summed E-state index contributed by atoms with van der Waals surface area (Å²) in [6, 6.07) is 151. The van der Waals surface area contributed by atoms with Crippen LogP contribution in [0.2, 0.25) is 0 Å². The van der Waals surface area contributed by atoms with Gasteiger partial charge in [0.2, 0.25) is 0 Å². The molecule has 12 aromatic heterocycles. The average Bonchev–Trinajstić information content (AvgIpc) is 1.55. The van der Waals surface area contributed by atoms with Crippen molar-refractivity contribution in [1.29, 1.82) is 0 Å². The van der Waals surface area contributed by atoms with Crippen molar-refractivity contribution >= 4 is 391 Å². The number of rotatable bonds is 9. The maximum Gasteiger partial charge on any atom is 0.137 e. The second kappa shape index (κ2) is 31.2. The van der Waals surface area contributed by atoms with Crippen LogP contribution in [-0.2, 0) is 0 Å². The number of nitrogens with zero attached hydrogens (tertiary/aromatic N) is 3. The zero-order valence-electron chi connectivity index (χ0n) is 74.6. The van der Waals surface area contributed by atoms with Crippen molar-refractivity contribution in [2.24, 2.45) is 0 Å². The maximum atomic E-state index is 6.45. The fourth-order valence-electron chi connectivity index (χ4n) is 22.3. The number of benzene rings is 21. The zero-order valence-corrected chi connectivity index (χ0v) is 81.1. The van der Waals surface area contributed by atoms with Crippen molar-refractivity contribution in [3.8, 4) is 0 Å². The van der Waals surface area contributed by atoms with Crippen molar-refractivity contribution in [2.45, 2.75) is 0 Å². The van der Waals surface area contributed by atoms with Crippen LogP contribution in [0.15, 0.2) is 436 Å². The van der Waals surface area contributed by atoms with Gasteiger partial charge in [0.05, 0.1) is 48.9 Å². The molecule has 0 amide bonds. The third-order valence-electron chi connectivity index (χ3n) is 28.4. The summed E-state index contributed by atoms with van der Waals surface area (Å²) in [5, 5.41) is 30.0. The van der Waals surface area contributed by atoms with Crippen molar-refractivity contribution in [3.63, 3.8) is 0 Å². The molecule has 21 aromatic carbocycles. The second-order valence-electron chi connectivity index (χ2n) is 36.1. The molecule has 0 aliphatic heterocycles. The highest BCUT2D eigenvalue weighted by Gasteiger charge is 2.31. The highest BCUT2D eigenvalue weighted by atomic mass is 32.1. The molecule has 33 aromatic rings. The number of fused-ring (bicyclic) bond motifs is 39. The molecule has 0 radical (unpaired) electrons. The molecule has 0 fully saturated rings. The van der Waals surface area contributed by atoms with Crippen molar-refractivity contribution < 1.29 is 17.7 Å². The Morgan fingerprint density at radius 3 is 0.745 bits per heavy atom. The largest absolute Gasteiger partial charge is 0.456 e. The van der Waals surface area contributed by atoms with E-state index in [0.29, 0.717) is 0 Å². The molecule has 15 heteroatoms. The fourth-order valence-corrected chi connectivity index (χ4v) is 32.1. The summed E-state index contributed by atoms with van der Waals surface area (Å²) in [6.45, 7) is 0. The molecule has 33 rings (SSSR count). The maximum absolute atomic E-state index is 6.45. The van der Waals surface area contributed by atoms with Crippen molar-refractivity contribution in [3.05, 3.63) is 419 Å². The molecule has 0 atom stereocenters. The van der Waals surface area contributed by atoms with Crippen LogP contribution in [0, 0.1) is 0 Å². The van der Waals surface area contributed by atoms with E-state index >= 15 is 0 Å². The first-order valence-corrected chi connectivity index (χ1v) is 53.5. The molecule has 0 unspecified atom stereocenters. The lowest BCUT2D eigenvalue weighted by Crippen LogP contribution is -2.10. The molecule has 0 saturated heterocycles. The van der Waals surface area contributed by atoms with E-state index in [4.69, 9.17) is 17.7 Å². The molecule has 0 aliphatic rings. The van der Waals surface area contributed by atoms with Gasteiger partial charge in [-0.15, -0.1) is 90.7 Å². The first-order valence-electron chi connectivity index (χ1n) is 47.0. The van der Waals surface area contributed by atoms with Crippen LogP contribution in [-0.4, -0.2) is 0 Å². The highest BCUT2D eigenvalue weighted by Crippen LogP contribution is 2.58. The van der Waals surface area contributed by atoms with Gasteiger partial charge < -0.3 is 32.4 Å². The highest BCUT2D eigenvalue weighted by molar-refractivity contribution is 7.32. The third-order valence-corrected chi connectivity index (χ3v) is 37.8. The minimum absolute atomic E-state index is 0.868. The van der Waals surface area contributed by atoms with Crippen LogP contribution in [0.1, 0.15) is 0 Å². The van der Waals surface area contributed by atoms with E-state index < -0.39 is 0 Å². The summed E-state index contributed by atoms with van der Waals surface area (Å²) in [5.74, 6) is 0. The lowest BCUT2D eigenvalue weighted by Gasteiger charge is -2.27. The van der Waals surface area contributed by atoms with Crippen LogP contribution < -0.4 is 14.7 Å². The van der Waals surface area contributed by atoms with Gasteiger partial charge in [-0.05, 0) is 170 Å². The standard InChI is InChI=1S/2C42H23NO2S2.C42H23NS4/c1-4-14-32-25(9-1)26-20-19-24(23-35(26)45-32)43(30-12-7-16-34-39(30)29-11-2-5-15-33(29)44-34)31-13-8-18-37-40(31)41-38(46-37)22-21-28-27-10-3-6-17-36(27)47-42(28)41;1-4-12-33-26(8-1)28-18-16-24(22-35(28)44-33)43(25-17-19-29-27-9-2-5-13-34(27)45-36(29)23-25)32-11-7-15-38-40(32)41-39(46-38)21-20-31-30-10-3-6-14-37(30)47-42(31)41;1-4-18-33-24(10-1)27-13-7-16-31(40(27)45-33)43(32-17-8-14-28-25-11-2-5-19-34(25)46-41(28)32)30-15-9-21-36-38(30)39-37(44-36)23-22-29-26-12-3-6-20-35(26)47-42(29)39/h3*1-23H. The summed E-state index contributed by atoms with van der Waals surface area (Å²) in [5.41, 5.74) is 17.1. The molecular formula is C126H69N3O4S8. The van der Waals surface area contributed by atoms with E-state index in [1.165, 1.54) is 178 Å². The number of thiophene rings is 8. The average molecular weight is 1950 g/mol. The van der Waals surface area contributed by atoms with E-state index in [-0.39, 0.29) is 0 Å². The number of furan rings is 4. The Morgan fingerprint density at radius 1 is 0.128 bits per heavy atom. The van der Waals surface area contributed by atoms with Gasteiger partial charge in [-0.25, -0.2) is 0 Å². The summed E-state index contributed by atoms with van der Waals surface area (Å²) in [4.78, 5) is 7.37. The Kier molecular flexibility index (Phi) is 17.7. The Balaban J connectivity index is 0.0000000972. The van der Waals surface area contributed by atoms with E-state index in [1.807, 2.05) is 133 Å². The predicted octanol–water partition coefficient (Wildman–Crippen LogP) is 42.0. The smallest absolute Gasteiger partial charge is 0.137 e. The lowest BCUT2D eigenvalue weighted by atomic mass is 10.0. The molecule has 0 bridgehead atoms. The number of para-hydroxylation sites is 4. The summed E-state index contributed by atoms with van der Waals surface area (Å²) in [7, 11) is 0. The molecule has 141 heavy (non-hydrogen) atoms. The third kappa shape index (κ3) is 12.2. The SMILES string of the molecule is c1ccc2c(c1)oc1cc(N(c3ccc4c(c3)oc3ccccc34)c3cccc4sc5ccc6c7ccccc7sc6c5c34)ccc12.c1ccc2c(c1)oc1cc(N(c3cccc4oc5ccccc5c34)c3cccc4sc5ccc6c7ccccc7sc6c5c34)ccc12.c1ccc2c(c1)sc1c(N(c3cccc4c3sc3ccccc34)c3cccc4sc5ccc6c7ccccc7sc6c5c34)cccc12. The minimum Gasteiger partial charge on any atom is -0.456 e. The second-order valence-corrected chi connectivity index (χ2v) is 44.6. The fraction of sp³-hybridized carbons (Fsp3) is 0. The molecule has 0 aliphatic carbocycles. The Morgan fingerprint density at radius 2 is 0.362 bits per heavy atom. The van der Waals surface area contributed by atoms with Gasteiger partial charge in [-0.3, -0.25) is 0 Å². The molecule has 12 heterocycles. The van der Waals surface area contributed by atoms with Crippen LogP contribution in [0.25, 0.3) is 249 Å². The number of anilines is 9. The van der Waals surface area contributed by atoms with E-state index in [9.17, 15) is 0 Å². The first-order chi connectivity index (χ1) is 69.9.